The van der Waals surface area contributed by atoms with E-state index in [0.29, 0.717) is 18.6 Å². The number of aromatic nitrogens is 1. The first-order chi connectivity index (χ1) is 14.1. The number of methoxy groups -OCH3 is 2. The molecule has 150 valence electrons. The number of benzene rings is 2. The van der Waals surface area contributed by atoms with Gasteiger partial charge < -0.3 is 19.2 Å². The van der Waals surface area contributed by atoms with Crippen molar-refractivity contribution < 1.29 is 19.0 Å². The number of esters is 1. The SMILES string of the molecule is COCCOC(=O)C1=C(C)c2[nH]c3ccccc3c2C(c2ccc(OC)cc2)C1. The first-order valence-corrected chi connectivity index (χ1v) is 9.74. The number of fused-ring (bicyclic) bond motifs is 3. The molecule has 5 nitrogen and oxygen atoms in total. The molecule has 0 radical (unpaired) electrons. The van der Waals surface area contributed by atoms with Crippen LogP contribution in [0, 0.1) is 0 Å². The third kappa shape index (κ3) is 3.54. The first kappa shape index (κ1) is 19.3. The van der Waals surface area contributed by atoms with Gasteiger partial charge in [-0.25, -0.2) is 4.79 Å². The molecule has 0 amide bonds. The predicted octanol–water partition coefficient (Wildman–Crippen LogP) is 4.68. The molecule has 0 aliphatic heterocycles. The van der Waals surface area contributed by atoms with Crippen LogP contribution in [0.2, 0.25) is 0 Å². The van der Waals surface area contributed by atoms with Gasteiger partial charge in [0.05, 0.1) is 13.7 Å². The van der Waals surface area contributed by atoms with Gasteiger partial charge in [0.2, 0.25) is 0 Å². The maximum atomic E-state index is 12.8. The van der Waals surface area contributed by atoms with Crippen LogP contribution in [0.1, 0.15) is 36.1 Å². The van der Waals surface area contributed by atoms with Crippen molar-refractivity contribution in [3.8, 4) is 5.75 Å². The number of allylic oxidation sites excluding steroid dienone is 1. The summed E-state index contributed by atoms with van der Waals surface area (Å²) in [4.78, 5) is 16.3. The topological polar surface area (TPSA) is 60.5 Å². The van der Waals surface area contributed by atoms with Crippen LogP contribution in [-0.4, -0.2) is 38.4 Å². The number of para-hydroxylation sites is 1. The van der Waals surface area contributed by atoms with Gasteiger partial charge in [-0.2, -0.15) is 0 Å². The fraction of sp³-hybridized carbons (Fsp3) is 0.292. The largest absolute Gasteiger partial charge is 0.497 e. The third-order valence-electron chi connectivity index (χ3n) is 5.62. The Labute approximate surface area is 170 Å². The number of ether oxygens (including phenoxy) is 3. The number of rotatable bonds is 6. The quantitative estimate of drug-likeness (QED) is 0.490. The number of hydrogen-bond donors (Lipinski definition) is 1. The lowest BCUT2D eigenvalue weighted by Crippen LogP contribution is -2.19. The highest BCUT2D eigenvalue weighted by Crippen LogP contribution is 2.45. The number of carbonyl (C=O) groups is 1. The van der Waals surface area contributed by atoms with Crippen LogP contribution in [0.25, 0.3) is 16.5 Å². The molecular formula is C24H25NO4. The van der Waals surface area contributed by atoms with Gasteiger partial charge in [0.1, 0.15) is 12.4 Å². The van der Waals surface area contributed by atoms with Crippen LogP contribution in [0.15, 0.2) is 54.1 Å². The molecule has 1 N–H and O–H groups in total. The van der Waals surface area contributed by atoms with E-state index >= 15 is 0 Å². The molecule has 3 aromatic rings. The molecule has 0 saturated heterocycles. The lowest BCUT2D eigenvalue weighted by molar-refractivity contribution is -0.140. The molecule has 1 unspecified atom stereocenters. The molecule has 0 saturated carbocycles. The van der Waals surface area contributed by atoms with E-state index in [0.717, 1.165) is 28.1 Å². The summed E-state index contributed by atoms with van der Waals surface area (Å²) in [6.07, 6.45) is 0.596. The maximum absolute atomic E-state index is 12.8. The minimum Gasteiger partial charge on any atom is -0.497 e. The van der Waals surface area contributed by atoms with E-state index in [2.05, 4.69) is 35.3 Å². The average Bonchev–Trinajstić information content (AvgIpc) is 3.15. The fourth-order valence-electron chi connectivity index (χ4n) is 4.09. The van der Waals surface area contributed by atoms with Crippen LogP contribution in [0.4, 0.5) is 0 Å². The molecule has 0 bridgehead atoms. The molecular weight excluding hydrogens is 366 g/mol. The molecule has 29 heavy (non-hydrogen) atoms. The highest BCUT2D eigenvalue weighted by molar-refractivity contribution is 6.01. The van der Waals surface area contributed by atoms with Gasteiger partial charge in [-0.15, -0.1) is 0 Å². The zero-order chi connectivity index (χ0) is 20.4. The van der Waals surface area contributed by atoms with Crippen molar-refractivity contribution in [2.75, 3.05) is 27.4 Å². The molecule has 1 aromatic heterocycles. The summed E-state index contributed by atoms with van der Waals surface area (Å²) in [5.74, 6) is 0.595. The molecule has 2 aromatic carbocycles. The summed E-state index contributed by atoms with van der Waals surface area (Å²) in [5, 5.41) is 1.19. The number of H-pyrrole nitrogens is 1. The lowest BCUT2D eigenvalue weighted by atomic mass is 9.78. The number of aromatic amines is 1. The second-order valence-electron chi connectivity index (χ2n) is 7.22. The van der Waals surface area contributed by atoms with Crippen molar-refractivity contribution in [2.24, 2.45) is 0 Å². The number of hydrogen-bond acceptors (Lipinski definition) is 4. The summed E-state index contributed by atoms with van der Waals surface area (Å²) in [5.41, 5.74) is 6.12. The Balaban J connectivity index is 1.81. The van der Waals surface area contributed by atoms with E-state index in [1.807, 2.05) is 25.1 Å². The number of nitrogens with one attached hydrogen (secondary N) is 1. The zero-order valence-corrected chi connectivity index (χ0v) is 17.0. The Hall–Kier alpha value is -3.05. The summed E-state index contributed by atoms with van der Waals surface area (Å²) in [6, 6.07) is 16.4. The van der Waals surface area contributed by atoms with Gasteiger partial charge in [-0.1, -0.05) is 30.3 Å². The van der Waals surface area contributed by atoms with Crippen LogP contribution >= 0.6 is 0 Å². The molecule has 1 aliphatic carbocycles. The molecule has 1 atom stereocenters. The Morgan fingerprint density at radius 2 is 1.83 bits per heavy atom. The summed E-state index contributed by atoms with van der Waals surface area (Å²) >= 11 is 0. The van der Waals surface area contributed by atoms with Crippen molar-refractivity contribution in [2.45, 2.75) is 19.3 Å². The van der Waals surface area contributed by atoms with Gasteiger partial charge in [0, 0.05) is 35.2 Å². The zero-order valence-electron chi connectivity index (χ0n) is 17.0. The van der Waals surface area contributed by atoms with E-state index in [1.165, 1.54) is 10.9 Å². The van der Waals surface area contributed by atoms with Crippen LogP contribution in [0.3, 0.4) is 0 Å². The molecule has 0 spiro atoms. The second-order valence-corrected chi connectivity index (χ2v) is 7.22. The second kappa shape index (κ2) is 8.13. The monoisotopic (exact) mass is 391 g/mol. The standard InChI is InChI=1S/C24H25NO4/c1-15-19(24(26)29-13-12-27-2)14-20(16-8-10-17(28-3)11-9-16)22-18-6-4-5-7-21(18)25-23(15)22/h4-11,20,25H,12-14H2,1-3H3. The maximum Gasteiger partial charge on any atom is 0.334 e. The third-order valence-corrected chi connectivity index (χ3v) is 5.62. The van der Waals surface area contributed by atoms with Crippen LogP contribution < -0.4 is 4.74 Å². The van der Waals surface area contributed by atoms with Crippen LogP contribution in [0.5, 0.6) is 5.75 Å². The predicted molar refractivity (Wildman–Crippen MR) is 113 cm³/mol. The van der Waals surface area contributed by atoms with Gasteiger partial charge >= 0.3 is 5.97 Å². The van der Waals surface area contributed by atoms with Crippen molar-refractivity contribution in [3.05, 3.63) is 70.9 Å². The summed E-state index contributed by atoms with van der Waals surface area (Å²) < 4.78 is 15.8. The Morgan fingerprint density at radius 3 is 2.55 bits per heavy atom. The molecule has 1 aliphatic rings. The van der Waals surface area contributed by atoms with Gasteiger partial charge in [-0.05, 0) is 48.2 Å². The Bertz CT molecular complexity index is 1060. The van der Waals surface area contributed by atoms with Crippen molar-refractivity contribution >= 4 is 22.4 Å². The molecule has 0 fully saturated rings. The minimum atomic E-state index is -0.276. The average molecular weight is 391 g/mol. The van der Waals surface area contributed by atoms with Crippen molar-refractivity contribution in [3.63, 3.8) is 0 Å². The highest BCUT2D eigenvalue weighted by atomic mass is 16.6. The first-order valence-electron chi connectivity index (χ1n) is 9.74. The normalized spacial score (nSPS) is 16.0. The van der Waals surface area contributed by atoms with Gasteiger partial charge in [0.25, 0.3) is 0 Å². The van der Waals surface area contributed by atoms with E-state index in [1.54, 1.807) is 14.2 Å². The highest BCUT2D eigenvalue weighted by Gasteiger charge is 2.32. The Kier molecular flexibility index (Phi) is 5.41. The van der Waals surface area contributed by atoms with Gasteiger partial charge in [-0.3, -0.25) is 0 Å². The van der Waals surface area contributed by atoms with Crippen LogP contribution in [-0.2, 0) is 14.3 Å². The van der Waals surface area contributed by atoms with E-state index in [9.17, 15) is 4.79 Å². The summed E-state index contributed by atoms with van der Waals surface area (Å²) in [6.45, 7) is 2.63. The summed E-state index contributed by atoms with van der Waals surface area (Å²) in [7, 11) is 3.25. The number of carbonyl (C=O) groups excluding carboxylic acids is 1. The fourth-order valence-corrected chi connectivity index (χ4v) is 4.09. The minimum absolute atomic E-state index is 0.0562. The van der Waals surface area contributed by atoms with Gasteiger partial charge in [0.15, 0.2) is 0 Å². The van der Waals surface area contributed by atoms with E-state index < -0.39 is 0 Å². The molecule has 1 heterocycles. The van der Waals surface area contributed by atoms with Crippen molar-refractivity contribution in [1.82, 2.24) is 4.98 Å². The lowest BCUT2D eigenvalue weighted by Gasteiger charge is -2.26. The Morgan fingerprint density at radius 1 is 1.07 bits per heavy atom. The van der Waals surface area contributed by atoms with E-state index in [4.69, 9.17) is 14.2 Å². The molecule has 4 rings (SSSR count). The molecule has 5 heteroatoms. The van der Waals surface area contributed by atoms with Crippen molar-refractivity contribution in [1.29, 1.82) is 0 Å². The smallest absolute Gasteiger partial charge is 0.334 e. The van der Waals surface area contributed by atoms with E-state index in [-0.39, 0.29) is 18.5 Å².